The van der Waals surface area contributed by atoms with Gasteiger partial charge in [-0.15, -0.1) is 0 Å². The van der Waals surface area contributed by atoms with Crippen LogP contribution in [-0.2, 0) is 0 Å². The minimum Gasteiger partial charge on any atom is -1.00 e. The van der Waals surface area contributed by atoms with Crippen LogP contribution in [0.2, 0.25) is 0 Å². The summed E-state index contributed by atoms with van der Waals surface area (Å²) in [7, 11) is 0. The summed E-state index contributed by atoms with van der Waals surface area (Å²) in [6.45, 7) is 1.88. The van der Waals surface area contributed by atoms with Gasteiger partial charge in [-0.2, -0.15) is 0 Å². The van der Waals surface area contributed by atoms with E-state index in [1.54, 1.807) is 6.08 Å². The molecule has 1 nitrogen and oxygen atoms in total. The van der Waals surface area contributed by atoms with E-state index in [0.717, 1.165) is 0 Å². The molecule has 0 aliphatic rings. The van der Waals surface area contributed by atoms with Gasteiger partial charge in [0.25, 0.3) is 0 Å². The van der Waals surface area contributed by atoms with E-state index in [9.17, 15) is 0 Å². The van der Waals surface area contributed by atoms with E-state index < -0.39 is 0 Å². The van der Waals surface area contributed by atoms with Crippen molar-refractivity contribution >= 4 is 0 Å². The van der Waals surface area contributed by atoms with E-state index in [-0.39, 0.29) is 31.0 Å². The monoisotopic (exact) mass is 81.1 g/mol. The Labute approximate surface area is 56.0 Å². The van der Waals surface area contributed by atoms with Crippen LogP contribution in [0.15, 0.2) is 12.3 Å². The maximum atomic E-state index is 4.85. The average Bonchev–Trinajstić information content (AvgIpc) is 1.37. The summed E-state index contributed by atoms with van der Waals surface area (Å²) in [6, 6.07) is 0. The molecule has 0 saturated carbocycles. The number of rotatable bonds is 0. The molecule has 0 saturated heterocycles. The molecule has 0 fully saturated rings. The molecule has 0 aromatic carbocycles. The van der Waals surface area contributed by atoms with Gasteiger partial charge >= 0.3 is 29.6 Å². The third-order valence-corrected chi connectivity index (χ3v) is 0.192. The first-order chi connectivity index (χ1) is 1.91. The Hall–Kier alpha value is 0.540. The molecular formula is C3H8NNa. The van der Waals surface area contributed by atoms with Crippen LogP contribution in [0.1, 0.15) is 8.35 Å². The predicted molar refractivity (Wildman–Crippen MR) is 20.1 cm³/mol. The number of hydrogen-bond donors (Lipinski definition) is 1. The second kappa shape index (κ2) is 8.82. The first-order valence-electron chi connectivity index (χ1n) is 1.24. The van der Waals surface area contributed by atoms with Crippen molar-refractivity contribution in [3.8, 4) is 0 Å². The molecule has 5 heavy (non-hydrogen) atoms. The topological polar surface area (TPSA) is 26.0 Å². The van der Waals surface area contributed by atoms with E-state index >= 15 is 0 Å². The van der Waals surface area contributed by atoms with Gasteiger partial charge in [0.2, 0.25) is 0 Å². The Morgan fingerprint density at radius 2 is 2.00 bits per heavy atom. The van der Waals surface area contributed by atoms with Crippen molar-refractivity contribution in [3.05, 3.63) is 12.3 Å². The summed E-state index contributed by atoms with van der Waals surface area (Å²) >= 11 is 0. The van der Waals surface area contributed by atoms with Gasteiger partial charge in [0, 0.05) is 0 Å². The average molecular weight is 81.1 g/mol. The van der Waals surface area contributed by atoms with Gasteiger partial charge < -0.3 is 7.16 Å². The molecular weight excluding hydrogens is 73.0 g/mol. The zero-order valence-electron chi connectivity index (χ0n) is 4.73. The molecule has 0 amide bonds. The van der Waals surface area contributed by atoms with Gasteiger partial charge in [0.15, 0.2) is 0 Å². The maximum absolute atomic E-state index is 4.85. The second-order valence-electron chi connectivity index (χ2n) is 0.526. The molecule has 0 heterocycles. The third-order valence-electron chi connectivity index (χ3n) is 0.192. The smallest absolute Gasteiger partial charge is 1.00 e. The fraction of sp³-hybridized carbons (Fsp3) is 0.333. The van der Waals surface area contributed by atoms with Crippen LogP contribution in [0.3, 0.4) is 0 Å². The molecule has 2 N–H and O–H groups in total. The van der Waals surface area contributed by atoms with Crippen molar-refractivity contribution in [3.63, 3.8) is 0 Å². The molecule has 0 aliphatic carbocycles. The molecule has 0 bridgehead atoms. The van der Waals surface area contributed by atoms with Crippen LogP contribution in [0, 0.1) is 0 Å². The Balaban J connectivity index is -0.0000000450. The van der Waals surface area contributed by atoms with Gasteiger partial charge in [0.05, 0.1) is 0 Å². The van der Waals surface area contributed by atoms with Gasteiger partial charge in [-0.05, 0) is 13.1 Å². The first kappa shape index (κ1) is 9.11. The molecule has 0 aromatic heterocycles. The van der Waals surface area contributed by atoms with Crippen LogP contribution in [-0.4, -0.2) is 0 Å². The molecule has 0 spiro atoms. The van der Waals surface area contributed by atoms with Crippen molar-refractivity contribution in [2.24, 2.45) is 5.73 Å². The van der Waals surface area contributed by atoms with E-state index in [1.165, 1.54) is 6.20 Å². The largest absolute Gasteiger partial charge is 1.00 e. The second-order valence-corrected chi connectivity index (χ2v) is 0.526. The first-order valence-corrected chi connectivity index (χ1v) is 1.24. The van der Waals surface area contributed by atoms with Crippen LogP contribution < -0.4 is 35.3 Å². The summed E-state index contributed by atoms with van der Waals surface area (Å²) in [5.74, 6) is 0. The van der Waals surface area contributed by atoms with E-state index in [1.807, 2.05) is 6.92 Å². The SMILES string of the molecule is CC=CN.[H-].[Na+]. The van der Waals surface area contributed by atoms with Crippen LogP contribution in [0.4, 0.5) is 0 Å². The summed E-state index contributed by atoms with van der Waals surface area (Å²) in [6.07, 6.45) is 3.28. The molecule has 0 aliphatic heterocycles. The Kier molecular flexibility index (Phi) is 16.1. The Morgan fingerprint density at radius 3 is 2.00 bits per heavy atom. The van der Waals surface area contributed by atoms with Crippen molar-refractivity contribution in [2.45, 2.75) is 6.92 Å². The molecule has 0 unspecified atom stereocenters. The molecule has 0 radical (unpaired) electrons. The Morgan fingerprint density at radius 1 is 1.80 bits per heavy atom. The zero-order chi connectivity index (χ0) is 3.41. The summed E-state index contributed by atoms with van der Waals surface area (Å²) in [5, 5.41) is 0. The van der Waals surface area contributed by atoms with Gasteiger partial charge in [-0.25, -0.2) is 0 Å². The number of hydrogen-bond acceptors (Lipinski definition) is 1. The van der Waals surface area contributed by atoms with E-state index in [4.69, 9.17) is 5.73 Å². The predicted octanol–water partition coefficient (Wildman–Crippen LogP) is -2.40. The fourth-order valence-electron chi connectivity index (χ4n) is 0. The number of nitrogens with two attached hydrogens (primary N) is 1. The third kappa shape index (κ3) is 12.4. The van der Waals surface area contributed by atoms with Crippen LogP contribution >= 0.6 is 0 Å². The van der Waals surface area contributed by atoms with Crippen molar-refractivity contribution in [1.29, 1.82) is 0 Å². The van der Waals surface area contributed by atoms with Crippen molar-refractivity contribution in [2.75, 3.05) is 0 Å². The normalized spacial score (nSPS) is 7.40. The standard InChI is InChI=1S/C3H7N.Na.H/c1-2-3-4;;/h2-3H,4H2,1H3;;/q;+1;-1. The van der Waals surface area contributed by atoms with Gasteiger partial charge in [0.1, 0.15) is 0 Å². The number of allylic oxidation sites excluding steroid dienone is 1. The summed E-state index contributed by atoms with van der Waals surface area (Å²) in [4.78, 5) is 0. The van der Waals surface area contributed by atoms with Crippen molar-refractivity contribution < 1.29 is 31.0 Å². The van der Waals surface area contributed by atoms with Gasteiger partial charge in [-0.1, -0.05) is 6.08 Å². The minimum absolute atomic E-state index is 0. The zero-order valence-corrected chi connectivity index (χ0v) is 5.73. The Bertz CT molecular complexity index is 26.0. The van der Waals surface area contributed by atoms with Crippen LogP contribution in [0.25, 0.3) is 0 Å². The van der Waals surface area contributed by atoms with Crippen molar-refractivity contribution in [1.82, 2.24) is 0 Å². The van der Waals surface area contributed by atoms with E-state index in [2.05, 4.69) is 0 Å². The quantitative estimate of drug-likeness (QED) is 0.323. The summed E-state index contributed by atoms with van der Waals surface area (Å²) < 4.78 is 0. The molecule has 0 rings (SSSR count). The fourth-order valence-corrected chi connectivity index (χ4v) is 0. The van der Waals surface area contributed by atoms with E-state index in [0.29, 0.717) is 0 Å². The molecule has 0 aromatic rings. The minimum atomic E-state index is 0. The van der Waals surface area contributed by atoms with Gasteiger partial charge in [-0.3, -0.25) is 0 Å². The maximum Gasteiger partial charge on any atom is 1.00 e. The summed E-state index contributed by atoms with van der Waals surface area (Å²) in [5.41, 5.74) is 4.85. The molecule has 26 valence electrons. The van der Waals surface area contributed by atoms with Crippen LogP contribution in [0.5, 0.6) is 0 Å². The molecule has 0 atom stereocenters. The molecule has 2 heteroatoms.